The normalized spacial score (nSPS) is 13.6. The van der Waals surface area contributed by atoms with Crippen LogP contribution in [0.4, 0.5) is 0 Å². The maximum atomic E-state index is 12.5. The van der Waals surface area contributed by atoms with Crippen molar-refractivity contribution >= 4 is 5.78 Å². The van der Waals surface area contributed by atoms with Crippen LogP contribution in [0.3, 0.4) is 0 Å². The smallest absolute Gasteiger partial charge is 0.161 e. The van der Waals surface area contributed by atoms with Gasteiger partial charge in [0, 0.05) is 12.0 Å². The predicted molar refractivity (Wildman–Crippen MR) is 79.7 cm³/mol. The zero-order chi connectivity index (χ0) is 14.6. The van der Waals surface area contributed by atoms with Gasteiger partial charge in [0.2, 0.25) is 0 Å². The van der Waals surface area contributed by atoms with Gasteiger partial charge in [-0.3, -0.25) is 4.79 Å². The van der Waals surface area contributed by atoms with E-state index in [9.17, 15) is 4.79 Å². The third-order valence-corrected chi connectivity index (χ3v) is 3.45. The first kappa shape index (κ1) is 14.3. The molecule has 2 N–H and O–H groups in total. The van der Waals surface area contributed by atoms with E-state index < -0.39 is 5.54 Å². The minimum atomic E-state index is -1.07. The molecule has 0 aromatic heterocycles. The molecule has 0 radical (unpaired) electrons. The fourth-order valence-electron chi connectivity index (χ4n) is 2.19. The third-order valence-electron chi connectivity index (χ3n) is 3.45. The van der Waals surface area contributed by atoms with Crippen molar-refractivity contribution in [2.45, 2.75) is 18.9 Å². The lowest BCUT2D eigenvalue weighted by molar-refractivity contribution is -0.123. The molecule has 0 aliphatic heterocycles. The molecule has 2 aromatic rings. The molecule has 0 aliphatic rings. The van der Waals surface area contributed by atoms with Crippen molar-refractivity contribution < 1.29 is 9.53 Å². The van der Waals surface area contributed by atoms with E-state index >= 15 is 0 Å². The predicted octanol–water partition coefficient (Wildman–Crippen LogP) is 2.68. The molecule has 3 heteroatoms. The Labute approximate surface area is 119 Å². The number of benzene rings is 2. The van der Waals surface area contributed by atoms with Crippen molar-refractivity contribution in [2.75, 3.05) is 7.11 Å². The number of ether oxygens (including phenoxy) is 1. The molecule has 0 heterocycles. The standard InChI is InChI=1S/C17H19NO2/c1-17(18,14-10-6-7-11-15(14)20-2)16(19)12-13-8-4-3-5-9-13/h3-11H,12,18H2,1-2H3. The van der Waals surface area contributed by atoms with E-state index in [0.29, 0.717) is 17.7 Å². The van der Waals surface area contributed by atoms with Crippen LogP contribution in [-0.4, -0.2) is 12.9 Å². The van der Waals surface area contributed by atoms with Crippen molar-refractivity contribution in [3.8, 4) is 5.75 Å². The molecule has 0 amide bonds. The monoisotopic (exact) mass is 269 g/mol. The first-order chi connectivity index (χ1) is 9.55. The van der Waals surface area contributed by atoms with E-state index in [-0.39, 0.29) is 5.78 Å². The van der Waals surface area contributed by atoms with Crippen molar-refractivity contribution in [1.82, 2.24) is 0 Å². The second-order valence-electron chi connectivity index (χ2n) is 4.99. The van der Waals surface area contributed by atoms with Gasteiger partial charge in [0.05, 0.1) is 7.11 Å². The van der Waals surface area contributed by atoms with Gasteiger partial charge in [0.25, 0.3) is 0 Å². The minimum Gasteiger partial charge on any atom is -0.496 e. The van der Waals surface area contributed by atoms with Crippen LogP contribution in [0.25, 0.3) is 0 Å². The summed E-state index contributed by atoms with van der Waals surface area (Å²) in [6, 6.07) is 17.0. The molecule has 104 valence electrons. The van der Waals surface area contributed by atoms with E-state index in [1.54, 1.807) is 14.0 Å². The van der Waals surface area contributed by atoms with Crippen LogP contribution in [-0.2, 0) is 16.8 Å². The molecule has 0 saturated heterocycles. The highest BCUT2D eigenvalue weighted by atomic mass is 16.5. The highest BCUT2D eigenvalue weighted by Gasteiger charge is 2.32. The highest BCUT2D eigenvalue weighted by Crippen LogP contribution is 2.29. The first-order valence-corrected chi connectivity index (χ1v) is 6.55. The summed E-state index contributed by atoms with van der Waals surface area (Å²) in [5, 5.41) is 0. The molecule has 1 unspecified atom stereocenters. The molecule has 20 heavy (non-hydrogen) atoms. The van der Waals surface area contributed by atoms with Gasteiger partial charge in [-0.1, -0.05) is 48.5 Å². The summed E-state index contributed by atoms with van der Waals surface area (Å²) in [6.07, 6.45) is 0.311. The topological polar surface area (TPSA) is 52.3 Å². The molecule has 1 atom stereocenters. The number of hydrogen-bond acceptors (Lipinski definition) is 3. The molecular formula is C17H19NO2. The van der Waals surface area contributed by atoms with Crippen molar-refractivity contribution in [1.29, 1.82) is 0 Å². The summed E-state index contributed by atoms with van der Waals surface area (Å²) in [7, 11) is 1.58. The molecular weight excluding hydrogens is 250 g/mol. The van der Waals surface area contributed by atoms with E-state index in [1.165, 1.54) is 0 Å². The molecule has 0 saturated carbocycles. The van der Waals surface area contributed by atoms with Gasteiger partial charge in [0.1, 0.15) is 11.3 Å². The van der Waals surface area contributed by atoms with E-state index in [2.05, 4.69) is 0 Å². The number of para-hydroxylation sites is 1. The van der Waals surface area contributed by atoms with Gasteiger partial charge in [-0.15, -0.1) is 0 Å². The van der Waals surface area contributed by atoms with Crippen molar-refractivity contribution in [3.05, 3.63) is 65.7 Å². The van der Waals surface area contributed by atoms with Crippen LogP contribution in [0, 0.1) is 0 Å². The second-order valence-corrected chi connectivity index (χ2v) is 4.99. The fraction of sp³-hybridized carbons (Fsp3) is 0.235. The van der Waals surface area contributed by atoms with Gasteiger partial charge < -0.3 is 10.5 Å². The zero-order valence-electron chi connectivity index (χ0n) is 11.8. The lowest BCUT2D eigenvalue weighted by Gasteiger charge is -2.25. The van der Waals surface area contributed by atoms with Crippen LogP contribution < -0.4 is 10.5 Å². The lowest BCUT2D eigenvalue weighted by Crippen LogP contribution is -2.43. The molecule has 0 spiro atoms. The zero-order valence-corrected chi connectivity index (χ0v) is 11.8. The number of nitrogens with two attached hydrogens (primary N) is 1. The van der Waals surface area contributed by atoms with Gasteiger partial charge in [-0.2, -0.15) is 0 Å². The average molecular weight is 269 g/mol. The third kappa shape index (κ3) is 2.89. The van der Waals surface area contributed by atoms with Crippen LogP contribution >= 0.6 is 0 Å². The van der Waals surface area contributed by atoms with E-state index in [1.807, 2.05) is 54.6 Å². The molecule has 0 aliphatic carbocycles. The SMILES string of the molecule is COc1ccccc1C(C)(N)C(=O)Cc1ccccc1. The number of ketones is 1. The second kappa shape index (κ2) is 5.88. The number of rotatable bonds is 5. The molecule has 3 nitrogen and oxygen atoms in total. The maximum absolute atomic E-state index is 12.5. The Morgan fingerprint density at radius 3 is 2.35 bits per heavy atom. The van der Waals surface area contributed by atoms with E-state index in [4.69, 9.17) is 10.5 Å². The number of Topliss-reactive ketones (excluding diaryl/α,β-unsaturated/α-hetero) is 1. The van der Waals surface area contributed by atoms with Gasteiger partial charge in [-0.05, 0) is 18.6 Å². The van der Waals surface area contributed by atoms with Crippen molar-refractivity contribution in [2.24, 2.45) is 5.73 Å². The Morgan fingerprint density at radius 1 is 1.10 bits per heavy atom. The summed E-state index contributed by atoms with van der Waals surface area (Å²) in [6.45, 7) is 1.73. The summed E-state index contributed by atoms with van der Waals surface area (Å²) in [5.74, 6) is 0.604. The van der Waals surface area contributed by atoms with Crippen LogP contribution in [0.2, 0.25) is 0 Å². The molecule has 0 fully saturated rings. The number of carbonyl (C=O) groups is 1. The maximum Gasteiger partial charge on any atom is 0.161 e. The average Bonchev–Trinajstić information content (AvgIpc) is 2.48. The number of hydrogen-bond donors (Lipinski definition) is 1. The van der Waals surface area contributed by atoms with Crippen LogP contribution in [0.5, 0.6) is 5.75 Å². The summed E-state index contributed by atoms with van der Waals surface area (Å²) >= 11 is 0. The van der Waals surface area contributed by atoms with E-state index in [0.717, 1.165) is 5.56 Å². The number of methoxy groups -OCH3 is 1. The summed E-state index contributed by atoms with van der Waals surface area (Å²) < 4.78 is 5.30. The Balaban J connectivity index is 2.27. The summed E-state index contributed by atoms with van der Waals surface area (Å²) in [4.78, 5) is 12.5. The van der Waals surface area contributed by atoms with Gasteiger partial charge in [0.15, 0.2) is 5.78 Å². The highest BCUT2D eigenvalue weighted by molar-refractivity contribution is 5.91. The number of carbonyl (C=O) groups excluding carboxylic acids is 1. The Morgan fingerprint density at radius 2 is 1.70 bits per heavy atom. The van der Waals surface area contributed by atoms with Crippen LogP contribution in [0.15, 0.2) is 54.6 Å². The molecule has 2 aromatic carbocycles. The van der Waals surface area contributed by atoms with Crippen molar-refractivity contribution in [3.63, 3.8) is 0 Å². The Hall–Kier alpha value is -2.13. The first-order valence-electron chi connectivity index (χ1n) is 6.55. The van der Waals surface area contributed by atoms with Gasteiger partial charge >= 0.3 is 0 Å². The molecule has 2 rings (SSSR count). The fourth-order valence-corrected chi connectivity index (χ4v) is 2.19. The quantitative estimate of drug-likeness (QED) is 0.908. The lowest BCUT2D eigenvalue weighted by atomic mass is 9.85. The minimum absolute atomic E-state index is 0.0341. The largest absolute Gasteiger partial charge is 0.496 e. The van der Waals surface area contributed by atoms with Gasteiger partial charge in [-0.25, -0.2) is 0 Å². The Bertz CT molecular complexity index is 591. The molecule has 0 bridgehead atoms. The summed E-state index contributed by atoms with van der Waals surface area (Å²) in [5.41, 5.74) is 6.88. The Kier molecular flexibility index (Phi) is 4.20. The van der Waals surface area contributed by atoms with Crippen LogP contribution in [0.1, 0.15) is 18.1 Å².